The summed E-state index contributed by atoms with van der Waals surface area (Å²) in [4.78, 5) is 4.09. The highest BCUT2D eigenvalue weighted by Crippen LogP contribution is 2.30. The molecule has 0 spiro atoms. The van der Waals surface area contributed by atoms with E-state index in [0.717, 1.165) is 0 Å². The molecule has 1 saturated heterocycles. The molecule has 1 aliphatic rings. The van der Waals surface area contributed by atoms with Gasteiger partial charge in [-0.1, -0.05) is 6.58 Å². The molecule has 1 aromatic heterocycles. The van der Waals surface area contributed by atoms with E-state index in [1.54, 1.807) is 7.05 Å². The lowest BCUT2D eigenvalue weighted by molar-refractivity contribution is -0.0665. The summed E-state index contributed by atoms with van der Waals surface area (Å²) >= 11 is 0. The summed E-state index contributed by atoms with van der Waals surface area (Å²) in [5.74, 6) is 0.433. The first-order chi connectivity index (χ1) is 9.12. The number of hydrogen-bond acceptors (Lipinski definition) is 7. The number of aromatic nitrogens is 3. The van der Waals surface area contributed by atoms with Crippen LogP contribution in [0.4, 0.5) is 0 Å². The summed E-state index contributed by atoms with van der Waals surface area (Å²) in [5, 5.41) is 26.1. The first-order valence-corrected chi connectivity index (χ1v) is 5.87. The van der Waals surface area contributed by atoms with E-state index < -0.39 is 24.5 Å². The molecule has 2 heterocycles. The molecule has 1 aliphatic heterocycles. The molecule has 4 atom stereocenters. The van der Waals surface area contributed by atoms with E-state index in [2.05, 4.69) is 22.0 Å². The van der Waals surface area contributed by atoms with Gasteiger partial charge in [0.2, 0.25) is 0 Å². The van der Waals surface area contributed by atoms with Crippen molar-refractivity contribution >= 4 is 5.70 Å². The predicted molar refractivity (Wildman–Crippen MR) is 65.9 cm³/mol. The van der Waals surface area contributed by atoms with Crippen LogP contribution in [0.3, 0.4) is 0 Å². The van der Waals surface area contributed by atoms with Gasteiger partial charge in [0.05, 0.1) is 12.3 Å². The van der Waals surface area contributed by atoms with Gasteiger partial charge in [0.25, 0.3) is 0 Å². The summed E-state index contributed by atoms with van der Waals surface area (Å²) in [6.45, 7) is 3.47. The van der Waals surface area contributed by atoms with Crippen molar-refractivity contribution in [3.63, 3.8) is 0 Å². The van der Waals surface area contributed by atoms with Gasteiger partial charge in [-0.3, -0.25) is 0 Å². The van der Waals surface area contributed by atoms with Gasteiger partial charge in [0.1, 0.15) is 24.6 Å². The van der Waals surface area contributed by atoms with Gasteiger partial charge >= 0.3 is 0 Å². The Bertz CT molecular complexity index is 450. The lowest BCUT2D eigenvalue weighted by Gasteiger charge is -2.18. The van der Waals surface area contributed by atoms with Crippen molar-refractivity contribution in [3.8, 4) is 0 Å². The maximum atomic E-state index is 9.94. The first kappa shape index (κ1) is 13.9. The number of nitrogens with one attached hydrogen (secondary N) is 1. The van der Waals surface area contributed by atoms with Crippen molar-refractivity contribution in [2.24, 2.45) is 0 Å². The molecule has 8 heteroatoms. The van der Waals surface area contributed by atoms with Crippen LogP contribution in [0.1, 0.15) is 12.1 Å². The van der Waals surface area contributed by atoms with Crippen LogP contribution in [0.2, 0.25) is 0 Å². The molecule has 1 aromatic rings. The predicted octanol–water partition coefficient (Wildman–Crippen LogP) is -1.27. The van der Waals surface area contributed by atoms with E-state index >= 15 is 0 Å². The number of rotatable bonds is 5. The van der Waals surface area contributed by atoms with Crippen molar-refractivity contribution in [3.05, 3.63) is 18.7 Å². The Kier molecular flexibility index (Phi) is 4.15. The van der Waals surface area contributed by atoms with Crippen molar-refractivity contribution in [1.82, 2.24) is 20.1 Å². The van der Waals surface area contributed by atoms with Gasteiger partial charge in [-0.15, -0.1) is 5.10 Å². The molecule has 0 aromatic carbocycles. The summed E-state index contributed by atoms with van der Waals surface area (Å²) in [6.07, 6.45) is -1.39. The van der Waals surface area contributed by atoms with Crippen LogP contribution in [-0.4, -0.2) is 64.1 Å². The molecule has 0 saturated carbocycles. The molecule has 3 N–H and O–H groups in total. The van der Waals surface area contributed by atoms with Crippen LogP contribution >= 0.6 is 0 Å². The zero-order valence-corrected chi connectivity index (χ0v) is 10.9. The van der Waals surface area contributed by atoms with Crippen LogP contribution in [0.15, 0.2) is 12.9 Å². The monoisotopic (exact) mass is 270 g/mol. The standard InChI is InChI=1S/C11H18N4O4/c1-6(12-2)10-13-5-15(14-10)11-9(18-3)8(17)7(4-16)19-11/h5,7-9,11-12,16-17H,1,4H2,2-3H3/t7-,8-,9-,11-/m1/s1. The summed E-state index contributed by atoms with van der Waals surface area (Å²) in [6, 6.07) is 0. The zero-order chi connectivity index (χ0) is 14.0. The fourth-order valence-corrected chi connectivity index (χ4v) is 1.98. The van der Waals surface area contributed by atoms with Gasteiger partial charge in [-0.25, -0.2) is 9.67 Å². The minimum atomic E-state index is -0.917. The second kappa shape index (κ2) is 5.66. The van der Waals surface area contributed by atoms with Crippen LogP contribution < -0.4 is 5.32 Å². The van der Waals surface area contributed by atoms with E-state index in [-0.39, 0.29) is 6.61 Å². The van der Waals surface area contributed by atoms with Crippen LogP contribution in [0.5, 0.6) is 0 Å². The lowest BCUT2D eigenvalue weighted by atomic mass is 10.1. The second-order valence-corrected chi connectivity index (χ2v) is 4.22. The third-order valence-electron chi connectivity index (χ3n) is 3.11. The molecule has 8 nitrogen and oxygen atoms in total. The van der Waals surface area contributed by atoms with E-state index in [0.29, 0.717) is 11.5 Å². The Labute approximate surface area is 110 Å². The number of methoxy groups -OCH3 is 1. The highest BCUT2D eigenvalue weighted by Gasteiger charge is 2.45. The molecule has 0 amide bonds. The fraction of sp³-hybridized carbons (Fsp3) is 0.636. The summed E-state index contributed by atoms with van der Waals surface area (Å²) < 4.78 is 12.2. The summed E-state index contributed by atoms with van der Waals surface area (Å²) in [5.41, 5.74) is 0.574. The van der Waals surface area contributed by atoms with Gasteiger partial charge in [-0.05, 0) is 0 Å². The maximum absolute atomic E-state index is 9.94. The number of aliphatic hydroxyl groups is 2. The minimum Gasteiger partial charge on any atom is -0.394 e. The molecular formula is C11H18N4O4. The highest BCUT2D eigenvalue weighted by molar-refractivity contribution is 5.53. The fourth-order valence-electron chi connectivity index (χ4n) is 1.98. The van der Waals surface area contributed by atoms with E-state index in [4.69, 9.17) is 14.6 Å². The normalized spacial score (nSPS) is 30.5. The Balaban J connectivity index is 2.21. The molecular weight excluding hydrogens is 252 g/mol. The average Bonchev–Trinajstić information content (AvgIpc) is 3.01. The summed E-state index contributed by atoms with van der Waals surface area (Å²) in [7, 11) is 3.19. The number of ether oxygens (including phenoxy) is 2. The topological polar surface area (TPSA) is 102 Å². The molecule has 19 heavy (non-hydrogen) atoms. The third kappa shape index (κ3) is 2.47. The molecule has 0 bridgehead atoms. The van der Waals surface area contributed by atoms with Crippen LogP contribution in [0.25, 0.3) is 5.70 Å². The highest BCUT2D eigenvalue weighted by atomic mass is 16.6. The maximum Gasteiger partial charge on any atom is 0.196 e. The zero-order valence-electron chi connectivity index (χ0n) is 10.9. The Morgan fingerprint density at radius 2 is 2.42 bits per heavy atom. The van der Waals surface area contributed by atoms with Gasteiger partial charge in [-0.2, -0.15) is 0 Å². The van der Waals surface area contributed by atoms with Crippen molar-refractivity contribution in [2.75, 3.05) is 20.8 Å². The third-order valence-corrected chi connectivity index (χ3v) is 3.11. The lowest BCUT2D eigenvalue weighted by Crippen LogP contribution is -2.34. The first-order valence-electron chi connectivity index (χ1n) is 5.87. The Morgan fingerprint density at radius 1 is 1.68 bits per heavy atom. The Hall–Kier alpha value is -1.48. The SMILES string of the molecule is C=C(NC)c1ncn([C@@H]2O[C@H](CO)[C@@H](O)[C@H]2OC)n1. The van der Waals surface area contributed by atoms with Gasteiger partial charge < -0.3 is 25.0 Å². The second-order valence-electron chi connectivity index (χ2n) is 4.22. The largest absolute Gasteiger partial charge is 0.394 e. The molecule has 1 fully saturated rings. The average molecular weight is 270 g/mol. The minimum absolute atomic E-state index is 0.289. The smallest absolute Gasteiger partial charge is 0.196 e. The molecule has 2 rings (SSSR count). The van der Waals surface area contributed by atoms with E-state index in [1.165, 1.54) is 18.1 Å². The number of aliphatic hydroxyl groups excluding tert-OH is 2. The van der Waals surface area contributed by atoms with Crippen molar-refractivity contribution in [1.29, 1.82) is 0 Å². The molecule has 106 valence electrons. The quantitative estimate of drug-likeness (QED) is 0.613. The van der Waals surface area contributed by atoms with E-state index in [9.17, 15) is 5.11 Å². The Morgan fingerprint density at radius 3 is 3.00 bits per heavy atom. The van der Waals surface area contributed by atoms with E-state index in [1.807, 2.05) is 0 Å². The van der Waals surface area contributed by atoms with Gasteiger partial charge in [0.15, 0.2) is 12.1 Å². The molecule has 0 radical (unpaired) electrons. The van der Waals surface area contributed by atoms with Crippen LogP contribution in [0, 0.1) is 0 Å². The number of hydrogen-bond donors (Lipinski definition) is 3. The molecule has 0 unspecified atom stereocenters. The van der Waals surface area contributed by atoms with Crippen LogP contribution in [-0.2, 0) is 9.47 Å². The van der Waals surface area contributed by atoms with Gasteiger partial charge in [0, 0.05) is 14.2 Å². The molecule has 0 aliphatic carbocycles. The van der Waals surface area contributed by atoms with Crippen molar-refractivity contribution < 1.29 is 19.7 Å². The number of nitrogens with zero attached hydrogens (tertiary/aromatic N) is 3. The van der Waals surface area contributed by atoms with Crippen molar-refractivity contribution in [2.45, 2.75) is 24.5 Å².